The van der Waals surface area contributed by atoms with Gasteiger partial charge >= 0.3 is 0 Å². The van der Waals surface area contributed by atoms with Crippen LogP contribution in [0.15, 0.2) is 35.3 Å². The summed E-state index contributed by atoms with van der Waals surface area (Å²) in [6.07, 6.45) is 1.48. The third-order valence-electron chi connectivity index (χ3n) is 2.21. The standard InChI is InChI=1S/C13H15ClN2O/c1-9(2)13(17)16(4)8-15-12-6-5-11(14)7-10(12)3/h5-8H,1H2,2-4H3. The van der Waals surface area contributed by atoms with Crippen molar-refractivity contribution in [3.05, 3.63) is 40.9 Å². The van der Waals surface area contributed by atoms with Crippen LogP contribution in [0.3, 0.4) is 0 Å². The first kappa shape index (κ1) is 13.5. The predicted octanol–water partition coefficient (Wildman–Crippen LogP) is 3.34. The topological polar surface area (TPSA) is 32.7 Å². The highest BCUT2D eigenvalue weighted by molar-refractivity contribution is 6.30. The van der Waals surface area contributed by atoms with Crippen LogP contribution in [0, 0.1) is 6.92 Å². The summed E-state index contributed by atoms with van der Waals surface area (Å²) in [6.45, 7) is 7.17. The van der Waals surface area contributed by atoms with Gasteiger partial charge in [0.15, 0.2) is 0 Å². The van der Waals surface area contributed by atoms with Gasteiger partial charge in [0.2, 0.25) is 0 Å². The quantitative estimate of drug-likeness (QED) is 0.460. The van der Waals surface area contributed by atoms with E-state index in [9.17, 15) is 4.79 Å². The average Bonchev–Trinajstić information content (AvgIpc) is 2.26. The van der Waals surface area contributed by atoms with Crippen LogP contribution in [0.4, 0.5) is 5.69 Å². The number of hydrogen-bond acceptors (Lipinski definition) is 2. The summed E-state index contributed by atoms with van der Waals surface area (Å²) in [7, 11) is 1.64. The van der Waals surface area contributed by atoms with E-state index in [2.05, 4.69) is 11.6 Å². The van der Waals surface area contributed by atoms with Crippen molar-refractivity contribution in [2.75, 3.05) is 7.05 Å². The number of likely N-dealkylation sites (N-methyl/N-ethyl adjacent to an activating group) is 1. The minimum absolute atomic E-state index is 0.152. The maximum atomic E-state index is 11.5. The van der Waals surface area contributed by atoms with Crippen molar-refractivity contribution in [2.24, 2.45) is 4.99 Å². The van der Waals surface area contributed by atoms with Crippen LogP contribution < -0.4 is 0 Å². The molecule has 1 aromatic carbocycles. The summed E-state index contributed by atoms with van der Waals surface area (Å²) >= 11 is 5.84. The zero-order valence-electron chi connectivity index (χ0n) is 10.2. The second-order valence-electron chi connectivity index (χ2n) is 3.87. The van der Waals surface area contributed by atoms with Gasteiger partial charge < -0.3 is 4.90 Å². The highest BCUT2D eigenvalue weighted by atomic mass is 35.5. The molecule has 90 valence electrons. The Morgan fingerprint density at radius 1 is 1.53 bits per heavy atom. The van der Waals surface area contributed by atoms with E-state index in [1.165, 1.54) is 11.2 Å². The molecule has 0 aliphatic rings. The summed E-state index contributed by atoms with van der Waals surface area (Å²) in [5.41, 5.74) is 2.23. The molecule has 0 heterocycles. The van der Waals surface area contributed by atoms with Gasteiger partial charge in [-0.05, 0) is 37.6 Å². The molecule has 0 radical (unpaired) electrons. The summed E-state index contributed by atoms with van der Waals surface area (Å²) in [5, 5.41) is 0.674. The second kappa shape index (κ2) is 5.64. The third kappa shape index (κ3) is 3.71. The maximum Gasteiger partial charge on any atom is 0.253 e. The zero-order chi connectivity index (χ0) is 13.0. The van der Waals surface area contributed by atoms with Crippen molar-refractivity contribution in [2.45, 2.75) is 13.8 Å². The van der Waals surface area contributed by atoms with E-state index in [1.54, 1.807) is 20.0 Å². The molecule has 0 aliphatic heterocycles. The molecule has 0 atom stereocenters. The Morgan fingerprint density at radius 2 is 2.18 bits per heavy atom. The van der Waals surface area contributed by atoms with E-state index >= 15 is 0 Å². The Labute approximate surface area is 106 Å². The van der Waals surface area contributed by atoms with Crippen molar-refractivity contribution >= 4 is 29.5 Å². The molecule has 0 saturated carbocycles. The van der Waals surface area contributed by atoms with Crippen molar-refractivity contribution < 1.29 is 4.79 Å². The number of nitrogens with zero attached hydrogens (tertiary/aromatic N) is 2. The molecule has 17 heavy (non-hydrogen) atoms. The largest absolute Gasteiger partial charge is 0.302 e. The van der Waals surface area contributed by atoms with E-state index in [1.807, 2.05) is 19.1 Å². The molecule has 0 aliphatic carbocycles. The average molecular weight is 251 g/mol. The summed E-state index contributed by atoms with van der Waals surface area (Å²) in [6, 6.07) is 5.41. The molecular weight excluding hydrogens is 236 g/mol. The van der Waals surface area contributed by atoms with Crippen molar-refractivity contribution in [3.8, 4) is 0 Å². The fourth-order valence-electron chi connectivity index (χ4n) is 1.27. The van der Waals surface area contributed by atoms with Gasteiger partial charge in [-0.25, -0.2) is 4.99 Å². The maximum absolute atomic E-state index is 11.5. The summed E-state index contributed by atoms with van der Waals surface area (Å²) in [4.78, 5) is 17.1. The Morgan fingerprint density at radius 3 is 2.71 bits per heavy atom. The molecule has 0 aromatic heterocycles. The van der Waals surface area contributed by atoms with Gasteiger partial charge in [0.05, 0.1) is 12.0 Å². The SMILES string of the molecule is C=C(C)C(=O)N(C)C=Nc1ccc(Cl)cc1C. The number of hydrogen-bond donors (Lipinski definition) is 0. The van der Waals surface area contributed by atoms with Gasteiger partial charge in [0.1, 0.15) is 0 Å². The Hall–Kier alpha value is -1.61. The highest BCUT2D eigenvalue weighted by Crippen LogP contribution is 2.21. The molecule has 0 N–H and O–H groups in total. The van der Waals surface area contributed by atoms with Crippen LogP contribution in [0.1, 0.15) is 12.5 Å². The molecule has 0 unspecified atom stereocenters. The van der Waals surface area contributed by atoms with Gasteiger partial charge in [-0.3, -0.25) is 4.79 Å². The van der Waals surface area contributed by atoms with Crippen LogP contribution >= 0.6 is 11.6 Å². The van der Waals surface area contributed by atoms with E-state index < -0.39 is 0 Å². The lowest BCUT2D eigenvalue weighted by molar-refractivity contribution is -0.122. The molecule has 4 heteroatoms. The Kier molecular flexibility index (Phi) is 4.46. The zero-order valence-corrected chi connectivity index (χ0v) is 11.0. The van der Waals surface area contributed by atoms with Gasteiger partial charge in [0, 0.05) is 17.6 Å². The lowest BCUT2D eigenvalue weighted by atomic mass is 10.2. The molecule has 1 aromatic rings. The van der Waals surface area contributed by atoms with Gasteiger partial charge in [-0.2, -0.15) is 0 Å². The van der Waals surface area contributed by atoms with Crippen molar-refractivity contribution in [1.82, 2.24) is 4.90 Å². The van der Waals surface area contributed by atoms with Gasteiger partial charge in [-0.15, -0.1) is 0 Å². The van der Waals surface area contributed by atoms with E-state index in [0.29, 0.717) is 10.6 Å². The molecule has 0 saturated heterocycles. The first-order valence-electron chi connectivity index (χ1n) is 5.15. The number of aryl methyl sites for hydroxylation is 1. The third-order valence-corrected chi connectivity index (χ3v) is 2.45. The molecule has 1 amide bonds. The number of benzene rings is 1. The second-order valence-corrected chi connectivity index (χ2v) is 4.31. The molecule has 0 fully saturated rings. The minimum atomic E-state index is -0.152. The van der Waals surface area contributed by atoms with E-state index in [-0.39, 0.29) is 5.91 Å². The van der Waals surface area contributed by atoms with Crippen LogP contribution in [-0.2, 0) is 4.79 Å². The number of aliphatic imine (C=N–C) groups is 1. The number of amides is 1. The van der Waals surface area contributed by atoms with Crippen LogP contribution in [0.2, 0.25) is 5.02 Å². The van der Waals surface area contributed by atoms with Gasteiger partial charge in [0.25, 0.3) is 5.91 Å². The fourth-order valence-corrected chi connectivity index (χ4v) is 1.49. The van der Waals surface area contributed by atoms with Crippen molar-refractivity contribution in [3.63, 3.8) is 0 Å². The Balaban J connectivity index is 2.84. The normalized spacial score (nSPS) is 10.6. The monoisotopic (exact) mass is 250 g/mol. The fraction of sp³-hybridized carbons (Fsp3) is 0.231. The first-order chi connectivity index (χ1) is 7.91. The molecule has 0 bridgehead atoms. The van der Waals surface area contributed by atoms with E-state index in [4.69, 9.17) is 11.6 Å². The van der Waals surface area contributed by atoms with E-state index in [0.717, 1.165) is 11.3 Å². The predicted molar refractivity (Wildman–Crippen MR) is 71.9 cm³/mol. The molecule has 3 nitrogen and oxygen atoms in total. The van der Waals surface area contributed by atoms with Crippen LogP contribution in [0.5, 0.6) is 0 Å². The summed E-state index contributed by atoms with van der Waals surface area (Å²) < 4.78 is 0. The van der Waals surface area contributed by atoms with Crippen LogP contribution in [0.25, 0.3) is 0 Å². The Bertz CT molecular complexity index is 480. The minimum Gasteiger partial charge on any atom is -0.302 e. The number of carbonyl (C=O) groups excluding carboxylic acids is 1. The van der Waals surface area contributed by atoms with Gasteiger partial charge in [-0.1, -0.05) is 18.2 Å². The highest BCUT2D eigenvalue weighted by Gasteiger charge is 2.06. The molecule has 1 rings (SSSR count). The first-order valence-corrected chi connectivity index (χ1v) is 5.52. The smallest absolute Gasteiger partial charge is 0.253 e. The van der Waals surface area contributed by atoms with Crippen molar-refractivity contribution in [1.29, 1.82) is 0 Å². The number of halogens is 1. The number of rotatable bonds is 3. The lowest BCUT2D eigenvalue weighted by Gasteiger charge is -2.10. The molecule has 0 spiro atoms. The molecular formula is C13H15ClN2O. The number of carbonyl (C=O) groups is 1. The van der Waals surface area contributed by atoms with Crippen LogP contribution in [-0.4, -0.2) is 24.2 Å². The summed E-state index contributed by atoms with van der Waals surface area (Å²) in [5.74, 6) is -0.152. The lowest BCUT2D eigenvalue weighted by Crippen LogP contribution is -2.25.